The average Bonchev–Trinajstić information content (AvgIpc) is 3.05. The van der Waals surface area contributed by atoms with E-state index in [0.29, 0.717) is 68.8 Å². The van der Waals surface area contributed by atoms with Gasteiger partial charge in [-0.15, -0.1) is 0 Å². The number of benzene rings is 6. The summed E-state index contributed by atoms with van der Waals surface area (Å²) in [4.78, 5) is 87.3. The summed E-state index contributed by atoms with van der Waals surface area (Å²) in [5.74, 6) is 0.433. The summed E-state index contributed by atoms with van der Waals surface area (Å²) in [7, 11) is 0. The zero-order valence-corrected chi connectivity index (χ0v) is 53.7. The zero-order chi connectivity index (χ0) is 62.5. The summed E-state index contributed by atoms with van der Waals surface area (Å²) in [6, 6.07) is 48.1. The fourth-order valence-corrected chi connectivity index (χ4v) is 12.6. The molecule has 3 heterocycles. The van der Waals surface area contributed by atoms with E-state index in [-0.39, 0.29) is 73.6 Å². The third kappa shape index (κ3) is 19.0. The molecular weight excluding hydrogens is 1240 g/mol. The number of hydrogen-bond acceptors (Lipinski definition) is 9. The van der Waals surface area contributed by atoms with Gasteiger partial charge in [-0.2, -0.15) is 0 Å². The van der Waals surface area contributed by atoms with Crippen molar-refractivity contribution in [3.63, 3.8) is 0 Å². The van der Waals surface area contributed by atoms with E-state index >= 15 is 0 Å². The number of anilines is 3. The first-order valence-corrected chi connectivity index (χ1v) is 32.2. The van der Waals surface area contributed by atoms with Crippen molar-refractivity contribution in [1.29, 1.82) is 0 Å². The van der Waals surface area contributed by atoms with Crippen molar-refractivity contribution in [1.82, 2.24) is 45.3 Å². The van der Waals surface area contributed by atoms with Crippen LogP contribution in [-0.2, 0) is 34.0 Å². The van der Waals surface area contributed by atoms with E-state index in [0.717, 1.165) is 107 Å². The Bertz CT molecular complexity index is 3260. The lowest BCUT2D eigenvalue weighted by atomic mass is 10.0. The molecule has 6 aromatic rings. The monoisotopic (exact) mass is 1320 g/mol. The molecule has 18 nitrogen and oxygen atoms in total. The molecule has 3 atom stereocenters. The van der Waals surface area contributed by atoms with Crippen molar-refractivity contribution in [3.8, 4) is 0 Å². The van der Waals surface area contributed by atoms with Gasteiger partial charge in [-0.1, -0.05) is 135 Å². The molecule has 3 saturated heterocycles. The van der Waals surface area contributed by atoms with Gasteiger partial charge in [0.25, 0.3) is 0 Å². The van der Waals surface area contributed by atoms with Crippen LogP contribution in [0.4, 0.5) is 31.4 Å². The molecule has 466 valence electrons. The van der Waals surface area contributed by atoms with Gasteiger partial charge in [0.15, 0.2) is 0 Å². The van der Waals surface area contributed by atoms with E-state index in [1.807, 2.05) is 167 Å². The second kappa shape index (κ2) is 32.8. The Kier molecular flexibility index (Phi) is 24.5. The lowest BCUT2D eigenvalue weighted by Gasteiger charge is -2.27. The van der Waals surface area contributed by atoms with Gasteiger partial charge in [-0.25, -0.2) is 14.4 Å². The second-order valence-corrected chi connectivity index (χ2v) is 24.5. The van der Waals surface area contributed by atoms with Crippen LogP contribution in [0.1, 0.15) is 117 Å². The topological polar surface area (TPSA) is 236 Å². The molecule has 1 aliphatic carbocycles. The van der Waals surface area contributed by atoms with Gasteiger partial charge in [0, 0.05) is 84.9 Å². The van der Waals surface area contributed by atoms with Crippen LogP contribution < -0.4 is 33.2 Å². The molecule has 20 heteroatoms. The number of urea groups is 3. The Morgan fingerprint density at radius 2 is 0.761 bits per heavy atom. The van der Waals surface area contributed by atoms with Gasteiger partial charge >= 0.3 is 18.1 Å². The van der Waals surface area contributed by atoms with Crippen molar-refractivity contribution in [2.45, 2.75) is 103 Å². The van der Waals surface area contributed by atoms with Gasteiger partial charge in [0.05, 0.1) is 37.8 Å². The first-order chi connectivity index (χ1) is 42.6. The number of amides is 9. The fraction of sp³-hybridized carbons (Fsp3) is 0.382. The van der Waals surface area contributed by atoms with Gasteiger partial charge in [-0.3, -0.25) is 14.4 Å². The first kappa shape index (κ1) is 65.9. The second-order valence-electron chi connectivity index (χ2n) is 22.7. The average molecular weight is 1330 g/mol. The van der Waals surface area contributed by atoms with Crippen LogP contribution in [0.25, 0.3) is 0 Å². The normalized spacial score (nSPS) is 16.7. The predicted octanol–water partition coefficient (Wildman–Crippen LogP) is 11.4. The standard InChI is InChI=1S/C24H29BrN4O2.C22H27BrN4O2.C22H28N4O2/c25-21-5-2-1-4-20(21)22-6-3-13-29(22)23(30)14-27-24(31)28(15-17-7-8-17)16-18-9-11-19(26)12-10-18;1-2-26(15-16-9-11-17(24)12-10-16)22(29)25-14-21(28)27-13-5-8-20(27)18-6-3-4-7-19(18)23;1-2-25(16-17-10-12-19(23)13-11-17)22(28)24-15-21(27)26-14-6-9-20(26)18-7-4-3-5-8-18/h1-2,4-5,9-12,17,22H,3,6-8,13-16,26H2,(H,27,31);3-4,6-7,9-12,20H,2,5,8,13-15,24H2,1H3,(H,25,29);3-5,7-8,10-13,20H,2,6,9,14-16,23H2,1H3,(H,24,28). The van der Waals surface area contributed by atoms with E-state index in [4.69, 9.17) is 17.2 Å². The minimum absolute atomic E-state index is 0.00196. The number of halogens is 2. The van der Waals surface area contributed by atoms with Gasteiger partial charge in [0.2, 0.25) is 17.7 Å². The number of carbonyl (C=O) groups is 6. The van der Waals surface area contributed by atoms with Crippen molar-refractivity contribution in [2.24, 2.45) is 5.92 Å². The summed E-state index contributed by atoms with van der Waals surface area (Å²) in [5.41, 5.74) is 25.7. The highest BCUT2D eigenvalue weighted by Crippen LogP contribution is 2.38. The molecule has 3 aliphatic heterocycles. The van der Waals surface area contributed by atoms with Crippen molar-refractivity contribution in [2.75, 3.05) is 76.1 Å². The Morgan fingerprint density at radius 1 is 0.432 bits per heavy atom. The lowest BCUT2D eigenvalue weighted by Crippen LogP contribution is -2.45. The summed E-state index contributed by atoms with van der Waals surface area (Å²) < 4.78 is 2.03. The molecule has 0 aromatic heterocycles. The fourth-order valence-electron chi connectivity index (χ4n) is 11.5. The highest BCUT2D eigenvalue weighted by Gasteiger charge is 2.34. The van der Waals surface area contributed by atoms with Crippen LogP contribution in [0.5, 0.6) is 0 Å². The Labute approximate surface area is 534 Å². The Balaban J connectivity index is 0.000000171. The van der Waals surface area contributed by atoms with Crippen molar-refractivity contribution >= 4 is 84.7 Å². The number of nitrogens with two attached hydrogens (primary N) is 3. The molecule has 0 bridgehead atoms. The van der Waals surface area contributed by atoms with Crippen molar-refractivity contribution in [3.05, 3.63) is 194 Å². The van der Waals surface area contributed by atoms with E-state index in [1.165, 1.54) is 0 Å². The molecule has 10 rings (SSSR count). The van der Waals surface area contributed by atoms with Crippen LogP contribution in [0.2, 0.25) is 0 Å². The molecule has 0 radical (unpaired) electrons. The largest absolute Gasteiger partial charge is 0.399 e. The molecule has 4 fully saturated rings. The molecule has 9 amide bonds. The summed E-state index contributed by atoms with van der Waals surface area (Å²) in [6.45, 7) is 9.32. The van der Waals surface area contributed by atoms with Crippen molar-refractivity contribution < 1.29 is 28.8 Å². The van der Waals surface area contributed by atoms with Gasteiger partial charge in [-0.05, 0) is 153 Å². The molecule has 88 heavy (non-hydrogen) atoms. The summed E-state index contributed by atoms with van der Waals surface area (Å²) in [6.07, 6.45) is 8.06. The number of carbonyl (C=O) groups excluding carboxylic acids is 6. The Hall–Kier alpha value is -8.10. The highest BCUT2D eigenvalue weighted by molar-refractivity contribution is 9.10. The number of nitrogens with zero attached hydrogens (tertiary/aromatic N) is 6. The maximum absolute atomic E-state index is 13.0. The van der Waals surface area contributed by atoms with E-state index in [9.17, 15) is 28.8 Å². The zero-order valence-electron chi connectivity index (χ0n) is 50.5. The molecule has 3 unspecified atom stereocenters. The SMILES string of the molecule is CCN(Cc1ccc(N)cc1)C(=O)NCC(=O)N1CCCC1c1ccccc1.CCN(Cc1ccc(N)cc1)C(=O)NCC(=O)N1CCCC1c1ccccc1Br.Nc1ccc(CN(CC2CC2)C(=O)NCC(=O)N2CCCC2c2ccccc2Br)cc1. The number of rotatable bonds is 19. The van der Waals surface area contributed by atoms with Gasteiger partial charge in [0.1, 0.15) is 0 Å². The first-order valence-electron chi connectivity index (χ1n) is 30.6. The summed E-state index contributed by atoms with van der Waals surface area (Å²) in [5, 5.41) is 8.44. The number of hydrogen-bond donors (Lipinski definition) is 6. The maximum atomic E-state index is 13.0. The van der Waals surface area contributed by atoms with Crippen LogP contribution in [0.3, 0.4) is 0 Å². The van der Waals surface area contributed by atoms with E-state index in [1.54, 1.807) is 9.80 Å². The number of nitrogens with one attached hydrogen (secondary N) is 3. The molecule has 9 N–H and O–H groups in total. The quantitative estimate of drug-likeness (QED) is 0.0423. The molecule has 1 saturated carbocycles. The third-order valence-electron chi connectivity index (χ3n) is 16.5. The van der Waals surface area contributed by atoms with Crippen LogP contribution in [0.15, 0.2) is 161 Å². The van der Waals surface area contributed by atoms with Crippen LogP contribution in [0, 0.1) is 5.92 Å². The minimum Gasteiger partial charge on any atom is -0.399 e. The Morgan fingerprint density at radius 3 is 1.12 bits per heavy atom. The lowest BCUT2D eigenvalue weighted by molar-refractivity contribution is -0.131. The van der Waals surface area contributed by atoms with E-state index < -0.39 is 0 Å². The van der Waals surface area contributed by atoms with Gasteiger partial charge < -0.3 is 62.6 Å². The highest BCUT2D eigenvalue weighted by atomic mass is 79.9. The van der Waals surface area contributed by atoms with E-state index in [2.05, 4.69) is 66.0 Å². The maximum Gasteiger partial charge on any atom is 0.318 e. The number of likely N-dealkylation sites (tertiary alicyclic amines) is 3. The molecular formula is C68H84Br2N12O6. The summed E-state index contributed by atoms with van der Waals surface area (Å²) >= 11 is 7.19. The van der Waals surface area contributed by atoms with Crippen LogP contribution >= 0.6 is 31.9 Å². The molecule has 0 spiro atoms. The molecule has 6 aromatic carbocycles. The predicted molar refractivity (Wildman–Crippen MR) is 354 cm³/mol. The van der Waals surface area contributed by atoms with Crippen LogP contribution in [-0.4, -0.2) is 124 Å². The molecule has 4 aliphatic rings. The smallest absolute Gasteiger partial charge is 0.318 e. The minimum atomic E-state index is -0.241. The number of nitrogen functional groups attached to an aromatic ring is 3. The third-order valence-corrected chi connectivity index (χ3v) is 17.9.